The van der Waals surface area contributed by atoms with E-state index in [0.29, 0.717) is 33.3 Å². The molecule has 0 aliphatic rings. The van der Waals surface area contributed by atoms with Crippen molar-refractivity contribution in [2.45, 2.75) is 32.4 Å². The Morgan fingerprint density at radius 3 is 2.33 bits per heavy atom. The van der Waals surface area contributed by atoms with Crippen LogP contribution in [0.4, 0.5) is 13.2 Å². The minimum atomic E-state index is -4.53. The third-order valence-electron chi connectivity index (χ3n) is 5.07. The van der Waals surface area contributed by atoms with Gasteiger partial charge in [0.2, 0.25) is 5.88 Å². The number of H-pyrrole nitrogens is 1. The maximum atomic E-state index is 13.5. The van der Waals surface area contributed by atoms with Crippen molar-refractivity contribution >= 4 is 52.2 Å². The number of imidazole rings is 1. The molecule has 4 aromatic rings. The smallest absolute Gasteiger partial charge is 0.417 e. The third kappa shape index (κ3) is 4.64. The third-order valence-corrected chi connectivity index (χ3v) is 5.43. The molecule has 6 nitrogen and oxygen atoms in total. The van der Waals surface area contributed by atoms with E-state index in [2.05, 4.69) is 20.1 Å². The predicted molar refractivity (Wildman–Crippen MR) is 123 cm³/mol. The monoisotopic (exact) mass is 486 g/mol. The van der Waals surface area contributed by atoms with Crippen LogP contribution in [-0.2, 0) is 18.6 Å². The molecule has 0 aliphatic heterocycles. The summed E-state index contributed by atoms with van der Waals surface area (Å²) in [5.74, 6) is 0.541. The van der Waals surface area contributed by atoms with Crippen molar-refractivity contribution in [1.29, 1.82) is 0 Å². The summed E-state index contributed by atoms with van der Waals surface area (Å²) in [7, 11) is 3.15. The Morgan fingerprint density at radius 1 is 1.09 bits per heavy atom. The van der Waals surface area contributed by atoms with Gasteiger partial charge in [0.05, 0.1) is 34.6 Å². The number of halogens is 4. The van der Waals surface area contributed by atoms with Crippen molar-refractivity contribution in [1.82, 2.24) is 24.7 Å². The number of ether oxygens (including phenoxy) is 1. The molecule has 33 heavy (non-hydrogen) atoms. The quantitative estimate of drug-likeness (QED) is 0.381. The zero-order chi connectivity index (χ0) is 23.4. The van der Waals surface area contributed by atoms with Crippen LogP contribution >= 0.6 is 11.6 Å². The number of methoxy groups -OCH3 is 1. The van der Waals surface area contributed by atoms with Gasteiger partial charge in [0.1, 0.15) is 11.2 Å². The molecule has 0 saturated carbocycles. The number of aromatic amines is 1. The van der Waals surface area contributed by atoms with Crippen LogP contribution in [0.25, 0.3) is 33.8 Å². The summed E-state index contributed by atoms with van der Waals surface area (Å²) in [5, 5.41) is 4.98. The SMILES string of the molecule is COc1nc(-c2ccccc2C(F)(F)F)cc2nc(-c3c(Cl)c(C(C)(C)C)nn3C)[nH]c12.[Na]. The summed E-state index contributed by atoms with van der Waals surface area (Å²) in [4.78, 5) is 12.0. The fraction of sp³-hybridized carbons (Fsp3) is 0.318. The van der Waals surface area contributed by atoms with E-state index in [1.807, 2.05) is 20.8 Å². The first-order valence-electron chi connectivity index (χ1n) is 9.76. The van der Waals surface area contributed by atoms with Gasteiger partial charge in [-0.25, -0.2) is 9.97 Å². The molecular weight excluding hydrogens is 466 g/mol. The molecule has 0 unspecified atom stereocenters. The molecule has 1 aromatic carbocycles. The van der Waals surface area contributed by atoms with Crippen LogP contribution in [0.1, 0.15) is 32.0 Å². The molecule has 0 aliphatic carbocycles. The topological polar surface area (TPSA) is 68.6 Å². The van der Waals surface area contributed by atoms with Gasteiger partial charge in [-0.3, -0.25) is 4.68 Å². The van der Waals surface area contributed by atoms with Crippen LogP contribution in [0.2, 0.25) is 5.02 Å². The number of nitrogens with one attached hydrogen (secondary N) is 1. The summed E-state index contributed by atoms with van der Waals surface area (Å²) in [6, 6.07) is 6.76. The van der Waals surface area contributed by atoms with Gasteiger partial charge in [-0.2, -0.15) is 18.3 Å². The second kappa shape index (κ2) is 8.94. The fourth-order valence-electron chi connectivity index (χ4n) is 3.57. The number of aromatic nitrogens is 5. The summed E-state index contributed by atoms with van der Waals surface area (Å²) in [5.41, 5.74) is 1.10. The molecule has 169 valence electrons. The maximum Gasteiger partial charge on any atom is 0.417 e. The Bertz CT molecular complexity index is 1320. The first-order valence-corrected chi connectivity index (χ1v) is 10.1. The number of pyridine rings is 1. The Hall–Kier alpha value is -2.07. The van der Waals surface area contributed by atoms with E-state index in [1.165, 1.54) is 31.4 Å². The number of rotatable bonds is 3. The molecule has 4 rings (SSSR count). The molecule has 0 spiro atoms. The second-order valence-corrected chi connectivity index (χ2v) is 8.80. The van der Waals surface area contributed by atoms with Gasteiger partial charge in [-0.1, -0.05) is 50.6 Å². The normalized spacial score (nSPS) is 12.2. The molecule has 1 N–H and O–H groups in total. The van der Waals surface area contributed by atoms with Crippen LogP contribution in [0.5, 0.6) is 5.88 Å². The Balaban J connectivity index is 0.00000306. The van der Waals surface area contributed by atoms with Gasteiger partial charge >= 0.3 is 6.18 Å². The summed E-state index contributed by atoms with van der Waals surface area (Å²) in [6.45, 7) is 6.00. The molecule has 1 radical (unpaired) electrons. The predicted octanol–water partition coefficient (Wildman–Crippen LogP) is 5.62. The summed E-state index contributed by atoms with van der Waals surface area (Å²) < 4.78 is 47.6. The molecule has 3 heterocycles. The van der Waals surface area contributed by atoms with E-state index < -0.39 is 11.7 Å². The summed E-state index contributed by atoms with van der Waals surface area (Å²) in [6.07, 6.45) is -4.53. The number of benzene rings is 1. The first kappa shape index (κ1) is 25.6. The molecule has 11 heteroatoms. The standard InChI is InChI=1S/C22H21ClF3N5O.Na/c1-21(2,3)18-15(23)17(31(4)30-18)19-27-14-10-13(28-20(32-5)16(14)29-19)11-8-6-7-9-12(11)22(24,25)26;/h6-10H,1-5H3,(H,27,29);. The number of nitrogens with zero attached hydrogens (tertiary/aromatic N) is 4. The average Bonchev–Trinajstić information content (AvgIpc) is 3.26. The van der Waals surface area contributed by atoms with Gasteiger partial charge < -0.3 is 9.72 Å². The fourth-order valence-corrected chi connectivity index (χ4v) is 4.10. The van der Waals surface area contributed by atoms with Gasteiger partial charge in [-0.15, -0.1) is 0 Å². The largest absolute Gasteiger partial charge is 0.479 e. The van der Waals surface area contributed by atoms with E-state index in [-0.39, 0.29) is 52.1 Å². The second-order valence-electron chi connectivity index (χ2n) is 8.42. The van der Waals surface area contributed by atoms with E-state index in [1.54, 1.807) is 11.7 Å². The van der Waals surface area contributed by atoms with Gasteiger partial charge in [-0.05, 0) is 12.1 Å². The van der Waals surface area contributed by atoms with E-state index in [4.69, 9.17) is 16.3 Å². The van der Waals surface area contributed by atoms with Crippen LogP contribution in [0.3, 0.4) is 0 Å². The van der Waals surface area contributed by atoms with Crippen LogP contribution < -0.4 is 4.74 Å². The zero-order valence-electron chi connectivity index (χ0n) is 19.1. The number of hydrogen-bond donors (Lipinski definition) is 1. The Labute approximate surface area is 215 Å². The van der Waals surface area contributed by atoms with Crippen molar-refractivity contribution in [3.8, 4) is 28.7 Å². The van der Waals surface area contributed by atoms with Crippen LogP contribution in [0, 0.1) is 0 Å². The minimum Gasteiger partial charge on any atom is -0.479 e. The molecule has 0 atom stereocenters. The molecule has 3 aromatic heterocycles. The number of aryl methyl sites for hydroxylation is 1. The van der Waals surface area contributed by atoms with E-state index in [9.17, 15) is 13.2 Å². The van der Waals surface area contributed by atoms with Crippen LogP contribution in [0.15, 0.2) is 30.3 Å². The number of alkyl halides is 3. The van der Waals surface area contributed by atoms with Gasteiger partial charge in [0.15, 0.2) is 5.82 Å². The van der Waals surface area contributed by atoms with Crippen molar-refractivity contribution in [3.63, 3.8) is 0 Å². The zero-order valence-corrected chi connectivity index (χ0v) is 21.9. The molecule has 0 bridgehead atoms. The van der Waals surface area contributed by atoms with Gasteiger partial charge in [0.25, 0.3) is 0 Å². The van der Waals surface area contributed by atoms with Crippen molar-refractivity contribution in [3.05, 3.63) is 46.6 Å². The number of hydrogen-bond acceptors (Lipinski definition) is 4. The van der Waals surface area contributed by atoms with E-state index in [0.717, 1.165) is 6.07 Å². The molecular formula is C22H21ClF3N5NaO. The van der Waals surface area contributed by atoms with Crippen molar-refractivity contribution in [2.75, 3.05) is 7.11 Å². The summed E-state index contributed by atoms with van der Waals surface area (Å²) >= 11 is 6.63. The first-order chi connectivity index (χ1) is 14.9. The molecule has 0 amide bonds. The van der Waals surface area contributed by atoms with Crippen molar-refractivity contribution in [2.24, 2.45) is 7.05 Å². The van der Waals surface area contributed by atoms with E-state index >= 15 is 0 Å². The Morgan fingerprint density at radius 2 is 1.76 bits per heavy atom. The maximum absolute atomic E-state index is 13.5. The number of fused-ring (bicyclic) bond motifs is 1. The van der Waals surface area contributed by atoms with Crippen molar-refractivity contribution < 1.29 is 17.9 Å². The Kier molecular flexibility index (Phi) is 6.92. The molecule has 0 saturated heterocycles. The average molecular weight is 487 g/mol. The van der Waals surface area contributed by atoms with Crippen LogP contribution in [-0.4, -0.2) is 61.4 Å². The molecule has 0 fully saturated rings. The minimum absolute atomic E-state index is 0. The van der Waals surface area contributed by atoms with Gasteiger partial charge in [0, 0.05) is 47.6 Å².